The van der Waals surface area contributed by atoms with Gasteiger partial charge in [-0.25, -0.2) is 0 Å². The highest BCUT2D eigenvalue weighted by Crippen LogP contribution is 2.40. The van der Waals surface area contributed by atoms with Gasteiger partial charge in [-0.15, -0.1) is 0 Å². The van der Waals surface area contributed by atoms with Crippen LogP contribution in [0, 0.1) is 0 Å². The summed E-state index contributed by atoms with van der Waals surface area (Å²) in [5, 5.41) is 27.5. The number of nitrogens with two attached hydrogens (primary N) is 1. The average Bonchev–Trinajstić information content (AvgIpc) is 2.93. The van der Waals surface area contributed by atoms with Gasteiger partial charge in [-0.1, -0.05) is 6.58 Å². The third-order valence-electron chi connectivity index (χ3n) is 3.81. The summed E-state index contributed by atoms with van der Waals surface area (Å²) in [4.78, 5) is 6.08. The van der Waals surface area contributed by atoms with Crippen molar-refractivity contribution in [2.45, 2.75) is 12.5 Å². The lowest BCUT2D eigenvalue weighted by Gasteiger charge is -2.28. The van der Waals surface area contributed by atoms with E-state index in [0.717, 1.165) is 16.8 Å². The molecule has 2 rings (SSSR count). The Labute approximate surface area is 141 Å². The van der Waals surface area contributed by atoms with E-state index in [-0.39, 0.29) is 25.9 Å². The van der Waals surface area contributed by atoms with Gasteiger partial charge in [0.15, 0.2) is 5.90 Å². The fraction of sp³-hybridized carbons (Fsp3) is 0.471. The normalized spacial score (nSPS) is 18.9. The molecule has 0 radical (unpaired) electrons. The van der Waals surface area contributed by atoms with Crippen molar-refractivity contribution >= 4 is 17.3 Å². The monoisotopic (exact) mass is 335 g/mol. The Hall–Kier alpha value is -2.09. The number of hydrogen-bond acceptors (Lipinski definition) is 7. The standard InChI is InChI=1S/C17H25N3O4/c1-12-10-16(19-4-7-21)24-17(12)14-11-13(18)2-3-15(14)20(5-8-22)6-9-23/h2-3,11,17,21-23H,1,4-10,18H2. The van der Waals surface area contributed by atoms with Gasteiger partial charge in [-0.05, 0) is 23.8 Å². The zero-order valence-electron chi connectivity index (χ0n) is 13.7. The van der Waals surface area contributed by atoms with E-state index in [4.69, 9.17) is 15.6 Å². The van der Waals surface area contributed by atoms with Gasteiger partial charge in [0.05, 0.1) is 26.4 Å². The van der Waals surface area contributed by atoms with Gasteiger partial charge in [0.1, 0.15) is 6.10 Å². The molecule has 1 unspecified atom stereocenters. The summed E-state index contributed by atoms with van der Waals surface area (Å²) in [6, 6.07) is 5.45. The third-order valence-corrected chi connectivity index (χ3v) is 3.81. The maximum absolute atomic E-state index is 9.29. The van der Waals surface area contributed by atoms with E-state index >= 15 is 0 Å². The highest BCUT2D eigenvalue weighted by atomic mass is 16.5. The second-order valence-electron chi connectivity index (χ2n) is 5.58. The van der Waals surface area contributed by atoms with Gasteiger partial charge >= 0.3 is 0 Å². The molecule has 1 aliphatic rings. The number of hydrogen-bond donors (Lipinski definition) is 4. The van der Waals surface area contributed by atoms with Crippen LogP contribution in [0.25, 0.3) is 0 Å². The molecule has 0 spiro atoms. The van der Waals surface area contributed by atoms with Gasteiger partial charge in [-0.2, -0.15) is 0 Å². The lowest BCUT2D eigenvalue weighted by molar-refractivity contribution is 0.250. The first-order valence-electron chi connectivity index (χ1n) is 7.95. The Morgan fingerprint density at radius 3 is 2.54 bits per heavy atom. The zero-order valence-corrected chi connectivity index (χ0v) is 13.7. The summed E-state index contributed by atoms with van der Waals surface area (Å²) in [6.45, 7) is 5.05. The van der Waals surface area contributed by atoms with Crippen molar-refractivity contribution in [1.82, 2.24) is 0 Å². The maximum Gasteiger partial charge on any atom is 0.188 e. The van der Waals surface area contributed by atoms with Crippen LogP contribution in [0.4, 0.5) is 11.4 Å². The van der Waals surface area contributed by atoms with E-state index in [1.165, 1.54) is 0 Å². The number of anilines is 2. The minimum absolute atomic E-state index is 0.0283. The predicted octanol–water partition coefficient (Wildman–Crippen LogP) is 0.468. The number of rotatable bonds is 8. The minimum atomic E-state index is -0.388. The van der Waals surface area contributed by atoms with Gasteiger partial charge < -0.3 is 30.7 Å². The number of nitrogens with zero attached hydrogens (tertiary/aromatic N) is 2. The third kappa shape index (κ3) is 4.25. The Kier molecular flexibility index (Phi) is 6.60. The van der Waals surface area contributed by atoms with E-state index in [9.17, 15) is 10.2 Å². The molecule has 1 aliphatic heterocycles. The molecule has 1 aromatic rings. The van der Waals surface area contributed by atoms with Crippen molar-refractivity contribution in [3.05, 3.63) is 35.9 Å². The summed E-state index contributed by atoms with van der Waals surface area (Å²) >= 11 is 0. The highest BCUT2D eigenvalue weighted by Gasteiger charge is 2.30. The molecule has 5 N–H and O–H groups in total. The SMILES string of the molecule is C=C1CC(=NCCO)OC1c1cc(N)ccc1N(CCO)CCO. The lowest BCUT2D eigenvalue weighted by Crippen LogP contribution is -2.31. The molecular formula is C17H25N3O4. The summed E-state index contributed by atoms with van der Waals surface area (Å²) in [5.41, 5.74) is 9.05. The quantitative estimate of drug-likeness (QED) is 0.406. The number of aliphatic hydroxyl groups is 3. The van der Waals surface area contributed by atoms with Crippen molar-refractivity contribution in [2.75, 3.05) is 50.1 Å². The second-order valence-corrected chi connectivity index (χ2v) is 5.58. The molecule has 7 nitrogen and oxygen atoms in total. The molecule has 0 saturated carbocycles. The van der Waals surface area contributed by atoms with Gasteiger partial charge in [0.2, 0.25) is 0 Å². The largest absolute Gasteiger partial charge is 0.468 e. The average molecular weight is 335 g/mol. The van der Waals surface area contributed by atoms with Gasteiger partial charge in [-0.3, -0.25) is 4.99 Å². The van der Waals surface area contributed by atoms with Crippen molar-refractivity contribution in [2.24, 2.45) is 4.99 Å². The summed E-state index contributed by atoms with van der Waals surface area (Å²) in [7, 11) is 0. The molecule has 7 heteroatoms. The first-order valence-corrected chi connectivity index (χ1v) is 7.95. The smallest absolute Gasteiger partial charge is 0.188 e. The van der Waals surface area contributed by atoms with Crippen molar-refractivity contribution in [1.29, 1.82) is 0 Å². The van der Waals surface area contributed by atoms with Crippen LogP contribution < -0.4 is 10.6 Å². The number of aliphatic hydroxyl groups excluding tert-OH is 3. The topological polar surface area (TPSA) is 112 Å². The van der Waals surface area contributed by atoms with E-state index in [0.29, 0.717) is 37.6 Å². The molecule has 132 valence electrons. The Bertz CT molecular complexity index is 597. The first kappa shape index (κ1) is 18.3. The summed E-state index contributed by atoms with van der Waals surface area (Å²) < 4.78 is 5.90. The van der Waals surface area contributed by atoms with Crippen LogP contribution in [-0.2, 0) is 4.74 Å². The van der Waals surface area contributed by atoms with Gasteiger partial charge in [0, 0.05) is 36.4 Å². The fourth-order valence-corrected chi connectivity index (χ4v) is 2.76. The predicted molar refractivity (Wildman–Crippen MR) is 94.2 cm³/mol. The number of benzene rings is 1. The molecule has 1 heterocycles. The van der Waals surface area contributed by atoms with Crippen LogP contribution in [0.5, 0.6) is 0 Å². The molecule has 1 aromatic carbocycles. The Balaban J connectivity index is 2.35. The van der Waals surface area contributed by atoms with E-state index < -0.39 is 0 Å². The highest BCUT2D eigenvalue weighted by molar-refractivity contribution is 5.83. The Morgan fingerprint density at radius 1 is 1.21 bits per heavy atom. The fourth-order valence-electron chi connectivity index (χ4n) is 2.76. The van der Waals surface area contributed by atoms with Crippen molar-refractivity contribution in [3.63, 3.8) is 0 Å². The lowest BCUT2D eigenvalue weighted by atomic mass is 9.99. The molecule has 0 bridgehead atoms. The molecule has 1 atom stereocenters. The molecular weight excluding hydrogens is 310 g/mol. The summed E-state index contributed by atoms with van der Waals surface area (Å²) in [6.07, 6.45) is 0.125. The second kappa shape index (κ2) is 8.68. The maximum atomic E-state index is 9.29. The molecule has 0 amide bonds. The van der Waals surface area contributed by atoms with Crippen molar-refractivity contribution in [3.8, 4) is 0 Å². The minimum Gasteiger partial charge on any atom is -0.468 e. The molecule has 24 heavy (non-hydrogen) atoms. The van der Waals surface area contributed by atoms with Crippen LogP contribution >= 0.6 is 0 Å². The van der Waals surface area contributed by atoms with Crippen molar-refractivity contribution < 1.29 is 20.1 Å². The van der Waals surface area contributed by atoms with E-state index in [2.05, 4.69) is 11.6 Å². The molecule has 1 saturated heterocycles. The zero-order chi connectivity index (χ0) is 17.5. The number of nitrogen functional groups attached to an aromatic ring is 1. The van der Waals surface area contributed by atoms with Crippen LogP contribution in [0.15, 0.2) is 35.3 Å². The first-order chi connectivity index (χ1) is 11.6. The van der Waals surface area contributed by atoms with E-state index in [1.807, 2.05) is 17.0 Å². The number of aliphatic imine (C=N–C) groups is 1. The Morgan fingerprint density at radius 2 is 1.92 bits per heavy atom. The molecule has 1 fully saturated rings. The molecule has 0 aliphatic carbocycles. The van der Waals surface area contributed by atoms with Crippen LogP contribution in [0.2, 0.25) is 0 Å². The van der Waals surface area contributed by atoms with Gasteiger partial charge in [0.25, 0.3) is 0 Å². The summed E-state index contributed by atoms with van der Waals surface area (Å²) in [5.74, 6) is 0.545. The molecule has 0 aromatic heterocycles. The van der Waals surface area contributed by atoms with Crippen LogP contribution in [-0.4, -0.2) is 60.7 Å². The van der Waals surface area contributed by atoms with E-state index in [1.54, 1.807) is 6.07 Å². The van der Waals surface area contributed by atoms with Crippen LogP contribution in [0.3, 0.4) is 0 Å². The van der Waals surface area contributed by atoms with Crippen LogP contribution in [0.1, 0.15) is 18.1 Å². The number of ether oxygens (including phenoxy) is 1.